The third-order valence-electron chi connectivity index (χ3n) is 4.33. The molecule has 2 aromatic carbocycles. The van der Waals surface area contributed by atoms with Gasteiger partial charge in [0, 0.05) is 0 Å². The highest BCUT2D eigenvalue weighted by Gasteiger charge is 2.24. The zero-order valence-electron chi connectivity index (χ0n) is 13.7. The molecule has 4 heteroatoms. The highest BCUT2D eigenvalue weighted by Crippen LogP contribution is 2.29. The summed E-state index contributed by atoms with van der Waals surface area (Å²) in [5.74, 6) is 0.389. The highest BCUT2D eigenvalue weighted by atomic mass is 16.5. The van der Waals surface area contributed by atoms with E-state index in [1.165, 1.54) is 11.1 Å². The molecule has 0 unspecified atom stereocenters. The van der Waals surface area contributed by atoms with Crippen LogP contribution in [-0.4, -0.2) is 12.0 Å². The van der Waals surface area contributed by atoms with Crippen LogP contribution in [0.2, 0.25) is 0 Å². The van der Waals surface area contributed by atoms with Gasteiger partial charge in [0.25, 0.3) is 5.91 Å². The number of nitriles is 1. The molecule has 122 valence electrons. The van der Waals surface area contributed by atoms with Gasteiger partial charge in [0.1, 0.15) is 5.75 Å². The van der Waals surface area contributed by atoms with E-state index in [1.54, 1.807) is 31.2 Å². The lowest BCUT2D eigenvalue weighted by molar-refractivity contribution is -0.128. The molecule has 1 aliphatic carbocycles. The number of carbonyl (C=O) groups is 1. The highest BCUT2D eigenvalue weighted by molar-refractivity contribution is 5.81. The number of aryl methyl sites for hydroxylation is 1. The third kappa shape index (κ3) is 3.57. The maximum Gasteiger partial charge on any atom is 0.261 e. The smallest absolute Gasteiger partial charge is 0.261 e. The molecule has 1 N–H and O–H groups in total. The zero-order chi connectivity index (χ0) is 16.9. The molecule has 0 saturated carbocycles. The fourth-order valence-corrected chi connectivity index (χ4v) is 3.09. The normalized spacial score (nSPS) is 17.2. The molecule has 1 amide bonds. The Morgan fingerprint density at radius 3 is 2.96 bits per heavy atom. The summed E-state index contributed by atoms with van der Waals surface area (Å²) < 4.78 is 5.68. The van der Waals surface area contributed by atoms with Crippen molar-refractivity contribution in [3.05, 3.63) is 65.2 Å². The van der Waals surface area contributed by atoms with Crippen LogP contribution in [0.1, 0.15) is 42.5 Å². The summed E-state index contributed by atoms with van der Waals surface area (Å²) in [4.78, 5) is 12.5. The number of hydrogen-bond donors (Lipinski definition) is 1. The Kier molecular flexibility index (Phi) is 4.81. The van der Waals surface area contributed by atoms with Crippen molar-refractivity contribution in [1.29, 1.82) is 5.26 Å². The maximum atomic E-state index is 12.5. The summed E-state index contributed by atoms with van der Waals surface area (Å²) in [5.41, 5.74) is 3.03. The molecule has 2 aromatic rings. The van der Waals surface area contributed by atoms with Crippen LogP contribution >= 0.6 is 0 Å². The molecule has 0 aromatic heterocycles. The Morgan fingerprint density at radius 1 is 1.29 bits per heavy atom. The number of amides is 1. The molecule has 24 heavy (non-hydrogen) atoms. The van der Waals surface area contributed by atoms with Crippen LogP contribution in [0.15, 0.2) is 48.5 Å². The first kappa shape index (κ1) is 16.1. The first-order valence-corrected chi connectivity index (χ1v) is 8.22. The lowest BCUT2D eigenvalue weighted by Crippen LogP contribution is -2.39. The molecule has 3 rings (SSSR count). The van der Waals surface area contributed by atoms with Crippen LogP contribution in [0.25, 0.3) is 0 Å². The van der Waals surface area contributed by atoms with E-state index in [-0.39, 0.29) is 11.9 Å². The van der Waals surface area contributed by atoms with Crippen LogP contribution in [-0.2, 0) is 11.2 Å². The van der Waals surface area contributed by atoms with Crippen molar-refractivity contribution in [1.82, 2.24) is 5.32 Å². The van der Waals surface area contributed by atoms with Gasteiger partial charge < -0.3 is 10.1 Å². The monoisotopic (exact) mass is 320 g/mol. The van der Waals surface area contributed by atoms with Crippen molar-refractivity contribution in [2.45, 2.75) is 38.3 Å². The van der Waals surface area contributed by atoms with Gasteiger partial charge in [0.05, 0.1) is 17.7 Å². The molecule has 0 spiro atoms. The van der Waals surface area contributed by atoms with E-state index < -0.39 is 6.10 Å². The molecular formula is C20H20N2O2. The van der Waals surface area contributed by atoms with E-state index in [0.29, 0.717) is 11.3 Å². The van der Waals surface area contributed by atoms with E-state index in [2.05, 4.69) is 23.5 Å². The van der Waals surface area contributed by atoms with Gasteiger partial charge in [-0.15, -0.1) is 0 Å². The van der Waals surface area contributed by atoms with E-state index in [1.807, 2.05) is 12.1 Å². The first-order valence-electron chi connectivity index (χ1n) is 8.22. The lowest BCUT2D eigenvalue weighted by atomic mass is 9.87. The van der Waals surface area contributed by atoms with Crippen molar-refractivity contribution in [3.8, 4) is 11.8 Å². The van der Waals surface area contributed by atoms with Gasteiger partial charge in [0.2, 0.25) is 0 Å². The Balaban J connectivity index is 1.66. The summed E-state index contributed by atoms with van der Waals surface area (Å²) in [7, 11) is 0. The second-order valence-corrected chi connectivity index (χ2v) is 6.05. The minimum Gasteiger partial charge on any atom is -0.481 e. The minimum atomic E-state index is -0.618. The van der Waals surface area contributed by atoms with Gasteiger partial charge in [-0.1, -0.05) is 30.3 Å². The topological polar surface area (TPSA) is 62.1 Å². The molecule has 4 nitrogen and oxygen atoms in total. The molecular weight excluding hydrogens is 300 g/mol. The molecule has 0 bridgehead atoms. The molecule has 2 atom stereocenters. The number of carbonyl (C=O) groups excluding carboxylic acids is 1. The number of nitrogens with one attached hydrogen (secondary N) is 1. The van der Waals surface area contributed by atoms with Crippen molar-refractivity contribution < 1.29 is 9.53 Å². The van der Waals surface area contributed by atoms with Crippen molar-refractivity contribution in [3.63, 3.8) is 0 Å². The number of ether oxygens (including phenoxy) is 1. The van der Waals surface area contributed by atoms with Crippen molar-refractivity contribution in [2.75, 3.05) is 0 Å². The molecule has 0 aliphatic heterocycles. The van der Waals surface area contributed by atoms with Gasteiger partial charge in [-0.25, -0.2) is 0 Å². The quantitative estimate of drug-likeness (QED) is 0.937. The van der Waals surface area contributed by atoms with Gasteiger partial charge in [-0.2, -0.15) is 5.26 Å². The lowest BCUT2D eigenvalue weighted by Gasteiger charge is -2.27. The summed E-state index contributed by atoms with van der Waals surface area (Å²) in [6.07, 6.45) is 2.46. The first-order chi connectivity index (χ1) is 11.7. The predicted octanol–water partition coefficient (Wildman–Crippen LogP) is 3.52. The van der Waals surface area contributed by atoms with Gasteiger partial charge >= 0.3 is 0 Å². The van der Waals surface area contributed by atoms with E-state index in [0.717, 1.165) is 19.3 Å². The number of hydrogen-bond acceptors (Lipinski definition) is 3. The second kappa shape index (κ2) is 7.18. The number of fused-ring (bicyclic) bond motifs is 1. The molecule has 0 radical (unpaired) electrons. The summed E-state index contributed by atoms with van der Waals surface area (Å²) >= 11 is 0. The zero-order valence-corrected chi connectivity index (χ0v) is 13.7. The SMILES string of the molecule is C[C@H](Oc1cccc(C#N)c1)C(=O)N[C@@H]1CCCc2ccccc21. The fourth-order valence-electron chi connectivity index (χ4n) is 3.09. The van der Waals surface area contributed by atoms with Crippen LogP contribution < -0.4 is 10.1 Å². The average Bonchev–Trinajstić information content (AvgIpc) is 2.62. The van der Waals surface area contributed by atoms with E-state index in [4.69, 9.17) is 10.00 Å². The number of benzene rings is 2. The van der Waals surface area contributed by atoms with Crippen molar-refractivity contribution >= 4 is 5.91 Å². The Morgan fingerprint density at radius 2 is 2.12 bits per heavy atom. The molecule has 0 fully saturated rings. The Bertz CT molecular complexity index is 779. The van der Waals surface area contributed by atoms with Gasteiger partial charge in [-0.05, 0) is 55.5 Å². The second-order valence-electron chi connectivity index (χ2n) is 6.05. The number of rotatable bonds is 4. The Labute approximate surface area is 142 Å². The standard InChI is InChI=1S/C20H20N2O2/c1-14(24-17-9-4-6-15(12-17)13-21)20(23)22-19-11-5-8-16-7-2-3-10-18(16)19/h2-4,6-7,9-10,12,14,19H,5,8,11H2,1H3,(H,22,23)/t14-,19+/m0/s1. The van der Waals surface area contributed by atoms with Crippen LogP contribution in [0.3, 0.4) is 0 Å². The third-order valence-corrected chi connectivity index (χ3v) is 4.33. The molecule has 0 heterocycles. The van der Waals surface area contributed by atoms with Gasteiger partial charge in [-0.3, -0.25) is 4.79 Å². The maximum absolute atomic E-state index is 12.5. The summed E-state index contributed by atoms with van der Waals surface area (Å²) in [5, 5.41) is 12.0. The van der Waals surface area contributed by atoms with E-state index in [9.17, 15) is 4.79 Å². The average molecular weight is 320 g/mol. The largest absolute Gasteiger partial charge is 0.481 e. The van der Waals surface area contributed by atoms with Crippen molar-refractivity contribution in [2.24, 2.45) is 0 Å². The summed E-state index contributed by atoms with van der Waals surface area (Å²) in [6, 6.07) is 17.2. The molecule has 0 saturated heterocycles. The minimum absolute atomic E-state index is 0.0407. The number of nitrogens with zero attached hydrogens (tertiary/aromatic N) is 1. The molecule has 1 aliphatic rings. The van der Waals surface area contributed by atoms with Crippen LogP contribution in [0.5, 0.6) is 5.75 Å². The Hall–Kier alpha value is -2.80. The fraction of sp³-hybridized carbons (Fsp3) is 0.300. The predicted molar refractivity (Wildman–Crippen MR) is 91.5 cm³/mol. The van der Waals surface area contributed by atoms with Gasteiger partial charge in [0.15, 0.2) is 6.10 Å². The van der Waals surface area contributed by atoms with Crippen LogP contribution in [0.4, 0.5) is 0 Å². The summed E-state index contributed by atoms with van der Waals surface area (Å²) in [6.45, 7) is 1.73. The van der Waals surface area contributed by atoms with Crippen LogP contribution in [0, 0.1) is 11.3 Å². The van der Waals surface area contributed by atoms with E-state index >= 15 is 0 Å².